The number of hydrogen-bond donors (Lipinski definition) is 1. The predicted molar refractivity (Wildman–Crippen MR) is 140 cm³/mol. The maximum absolute atomic E-state index is 12.5. The van der Waals surface area contributed by atoms with Gasteiger partial charge in [0.2, 0.25) is 0 Å². The van der Waals surface area contributed by atoms with Gasteiger partial charge in [-0.05, 0) is 55.8 Å². The number of nitrogens with one attached hydrogen (secondary N) is 1. The number of likely N-dealkylation sites (tertiary alicyclic amines) is 1. The minimum Gasteiger partial charge on any atom is -0.497 e. The molecule has 33 heavy (non-hydrogen) atoms. The van der Waals surface area contributed by atoms with E-state index in [9.17, 15) is 4.79 Å². The van der Waals surface area contributed by atoms with Crippen molar-refractivity contribution in [2.45, 2.75) is 18.9 Å². The van der Waals surface area contributed by atoms with Crippen molar-refractivity contribution in [3.05, 3.63) is 54.0 Å². The number of nitrogens with zero attached hydrogens (tertiary/aromatic N) is 4. The number of furan rings is 1. The molecule has 1 unspecified atom stereocenters. The first kappa shape index (κ1) is 25.4. The third-order valence-electron chi connectivity index (χ3n) is 6.32. The lowest BCUT2D eigenvalue weighted by atomic mass is 10.1. The second-order valence-corrected chi connectivity index (χ2v) is 8.22. The van der Waals surface area contributed by atoms with E-state index in [1.807, 2.05) is 18.0 Å². The Labute approximate surface area is 213 Å². The van der Waals surface area contributed by atoms with Gasteiger partial charge in [0.1, 0.15) is 5.75 Å². The van der Waals surface area contributed by atoms with Crippen molar-refractivity contribution in [1.82, 2.24) is 20.0 Å². The Morgan fingerprint density at radius 1 is 1.09 bits per heavy atom. The van der Waals surface area contributed by atoms with Gasteiger partial charge in [-0.2, -0.15) is 0 Å². The second kappa shape index (κ2) is 12.3. The van der Waals surface area contributed by atoms with Crippen molar-refractivity contribution in [3.63, 3.8) is 0 Å². The van der Waals surface area contributed by atoms with Gasteiger partial charge in [-0.15, -0.1) is 24.0 Å². The fourth-order valence-corrected chi connectivity index (χ4v) is 4.56. The molecule has 0 saturated carbocycles. The molecule has 9 heteroatoms. The Morgan fingerprint density at radius 3 is 2.45 bits per heavy atom. The average molecular weight is 567 g/mol. The molecule has 3 heterocycles. The molecular formula is C24H34IN5O3. The molecule has 2 aromatic rings. The van der Waals surface area contributed by atoms with Gasteiger partial charge < -0.3 is 24.3 Å². The van der Waals surface area contributed by atoms with Gasteiger partial charge in [0, 0.05) is 39.8 Å². The highest BCUT2D eigenvalue weighted by atomic mass is 127. The first-order valence-corrected chi connectivity index (χ1v) is 11.4. The second-order valence-electron chi connectivity index (χ2n) is 8.22. The van der Waals surface area contributed by atoms with Crippen LogP contribution in [0.15, 0.2) is 52.1 Å². The van der Waals surface area contributed by atoms with Crippen LogP contribution in [-0.4, -0.2) is 86.5 Å². The molecule has 2 fully saturated rings. The molecule has 1 atom stereocenters. The molecule has 1 aromatic carbocycles. The maximum Gasteiger partial charge on any atom is 0.289 e. The van der Waals surface area contributed by atoms with Crippen LogP contribution in [0.5, 0.6) is 5.75 Å². The van der Waals surface area contributed by atoms with E-state index >= 15 is 0 Å². The summed E-state index contributed by atoms with van der Waals surface area (Å²) in [6, 6.07) is 12.1. The zero-order valence-electron chi connectivity index (χ0n) is 19.4. The van der Waals surface area contributed by atoms with Gasteiger partial charge in [0.05, 0.1) is 19.4 Å². The molecule has 0 bridgehead atoms. The van der Waals surface area contributed by atoms with Crippen LogP contribution >= 0.6 is 24.0 Å². The number of halogens is 1. The van der Waals surface area contributed by atoms with Crippen LogP contribution < -0.4 is 10.1 Å². The van der Waals surface area contributed by atoms with Crippen molar-refractivity contribution in [1.29, 1.82) is 0 Å². The minimum atomic E-state index is -0.0512. The summed E-state index contributed by atoms with van der Waals surface area (Å²) in [5.41, 5.74) is 1.25. The van der Waals surface area contributed by atoms with Gasteiger partial charge in [-0.25, -0.2) is 0 Å². The molecule has 2 saturated heterocycles. The van der Waals surface area contributed by atoms with Gasteiger partial charge in [-0.1, -0.05) is 12.1 Å². The van der Waals surface area contributed by atoms with Gasteiger partial charge in [-0.3, -0.25) is 14.7 Å². The molecule has 8 nitrogen and oxygen atoms in total. The van der Waals surface area contributed by atoms with Crippen LogP contribution in [0, 0.1) is 0 Å². The number of piperazine rings is 1. The maximum atomic E-state index is 12.5. The highest BCUT2D eigenvalue weighted by molar-refractivity contribution is 14.0. The Hall–Kier alpha value is -2.27. The number of carbonyl (C=O) groups is 1. The van der Waals surface area contributed by atoms with Crippen LogP contribution in [0.2, 0.25) is 0 Å². The zero-order chi connectivity index (χ0) is 22.3. The lowest BCUT2D eigenvalue weighted by Gasteiger charge is -2.37. The van der Waals surface area contributed by atoms with Crippen molar-refractivity contribution in [2.24, 2.45) is 4.99 Å². The van der Waals surface area contributed by atoms with Crippen LogP contribution in [0.25, 0.3) is 0 Å². The van der Waals surface area contributed by atoms with E-state index in [1.54, 1.807) is 19.2 Å². The summed E-state index contributed by atoms with van der Waals surface area (Å²) in [5.74, 6) is 2.10. The normalized spacial score (nSPS) is 18.1. The van der Waals surface area contributed by atoms with E-state index in [0.717, 1.165) is 44.4 Å². The largest absolute Gasteiger partial charge is 0.497 e. The fourth-order valence-electron chi connectivity index (χ4n) is 4.56. The number of carbonyl (C=O) groups excluding carboxylic acids is 1. The van der Waals surface area contributed by atoms with Crippen LogP contribution in [0.4, 0.5) is 0 Å². The van der Waals surface area contributed by atoms with Crippen molar-refractivity contribution >= 4 is 35.8 Å². The molecule has 4 rings (SSSR count). The van der Waals surface area contributed by atoms with Crippen LogP contribution in [-0.2, 0) is 0 Å². The lowest BCUT2D eigenvalue weighted by Crippen LogP contribution is -2.54. The summed E-state index contributed by atoms with van der Waals surface area (Å²) in [6.07, 6.45) is 4.01. The van der Waals surface area contributed by atoms with Crippen molar-refractivity contribution in [2.75, 3.05) is 60.0 Å². The number of hydrogen-bond acceptors (Lipinski definition) is 5. The molecule has 180 valence electrons. The standard InChI is InChI=1S/C24H33N5O3.HI/c1-25-24(29-14-12-28(13-15-29)23(30)22-9-6-16-32-22)26-18-21(27-10-3-4-11-27)19-7-5-8-20(17-19)31-2;/h5-9,16-17,21H,3-4,10-15,18H2,1-2H3,(H,25,26);1H. The number of ether oxygens (including phenoxy) is 1. The first-order chi connectivity index (χ1) is 15.7. The fraction of sp³-hybridized carbons (Fsp3) is 0.500. The van der Waals surface area contributed by atoms with Gasteiger partial charge in [0.15, 0.2) is 11.7 Å². The molecule has 1 amide bonds. The summed E-state index contributed by atoms with van der Waals surface area (Å²) in [6.45, 7) is 5.74. The molecule has 2 aliphatic heterocycles. The number of methoxy groups -OCH3 is 1. The van der Waals surface area contributed by atoms with E-state index in [4.69, 9.17) is 9.15 Å². The van der Waals surface area contributed by atoms with Gasteiger partial charge in [0.25, 0.3) is 5.91 Å². The van der Waals surface area contributed by atoms with E-state index in [1.165, 1.54) is 24.7 Å². The van der Waals surface area contributed by atoms with E-state index in [-0.39, 0.29) is 35.9 Å². The van der Waals surface area contributed by atoms with E-state index in [2.05, 4.69) is 38.3 Å². The number of benzene rings is 1. The molecular weight excluding hydrogens is 533 g/mol. The molecule has 0 spiro atoms. The molecule has 0 radical (unpaired) electrons. The summed E-state index contributed by atoms with van der Waals surface area (Å²) in [7, 11) is 3.53. The summed E-state index contributed by atoms with van der Waals surface area (Å²) in [4.78, 5) is 23.7. The number of rotatable bonds is 6. The molecule has 1 N–H and O–H groups in total. The highest BCUT2D eigenvalue weighted by Gasteiger charge is 2.27. The third kappa shape index (κ3) is 6.20. The minimum absolute atomic E-state index is 0. The van der Waals surface area contributed by atoms with Gasteiger partial charge >= 0.3 is 0 Å². The number of guanidine groups is 1. The molecule has 1 aromatic heterocycles. The lowest BCUT2D eigenvalue weighted by molar-refractivity contribution is 0.0657. The highest BCUT2D eigenvalue weighted by Crippen LogP contribution is 2.27. The summed E-state index contributed by atoms with van der Waals surface area (Å²) >= 11 is 0. The first-order valence-electron chi connectivity index (χ1n) is 11.4. The number of aliphatic imine (C=N–C) groups is 1. The molecule has 2 aliphatic rings. The predicted octanol–water partition coefficient (Wildman–Crippen LogP) is 3.08. The Kier molecular flexibility index (Phi) is 9.42. The summed E-state index contributed by atoms with van der Waals surface area (Å²) < 4.78 is 10.7. The summed E-state index contributed by atoms with van der Waals surface area (Å²) in [5, 5.41) is 3.60. The van der Waals surface area contributed by atoms with E-state index < -0.39 is 0 Å². The zero-order valence-corrected chi connectivity index (χ0v) is 21.7. The quantitative estimate of drug-likeness (QED) is 0.329. The van der Waals surface area contributed by atoms with Crippen LogP contribution in [0.1, 0.15) is 35.0 Å². The van der Waals surface area contributed by atoms with Crippen molar-refractivity contribution in [3.8, 4) is 5.75 Å². The topological polar surface area (TPSA) is 73.6 Å². The number of amides is 1. The molecule has 0 aliphatic carbocycles. The smallest absolute Gasteiger partial charge is 0.289 e. The monoisotopic (exact) mass is 567 g/mol. The Bertz CT molecular complexity index is 907. The SMILES string of the molecule is CN=C(NCC(c1cccc(OC)c1)N1CCCC1)N1CCN(C(=O)c2ccco2)CC1.I. The van der Waals surface area contributed by atoms with E-state index in [0.29, 0.717) is 18.8 Å². The Balaban J connectivity index is 0.00000306. The van der Waals surface area contributed by atoms with Crippen LogP contribution in [0.3, 0.4) is 0 Å². The third-order valence-corrected chi connectivity index (χ3v) is 6.32. The average Bonchev–Trinajstić information content (AvgIpc) is 3.57. The Morgan fingerprint density at radius 2 is 1.82 bits per heavy atom. The van der Waals surface area contributed by atoms with Crippen molar-refractivity contribution < 1.29 is 13.9 Å².